The molecule has 1 amide bonds. The number of aromatic nitrogens is 1. The molecule has 8 nitrogen and oxygen atoms in total. The third-order valence-corrected chi connectivity index (χ3v) is 5.99. The van der Waals surface area contributed by atoms with E-state index in [4.69, 9.17) is 9.57 Å². The van der Waals surface area contributed by atoms with Gasteiger partial charge in [0, 0.05) is 18.2 Å². The lowest BCUT2D eigenvalue weighted by Crippen LogP contribution is -2.56. The van der Waals surface area contributed by atoms with Crippen molar-refractivity contribution in [2.45, 2.75) is 58.2 Å². The highest BCUT2D eigenvalue weighted by molar-refractivity contribution is 7.09. The fraction of sp³-hybridized carbons (Fsp3) is 0.500. The number of carbonyl (C=O) groups is 1. The molecule has 0 saturated heterocycles. The van der Waals surface area contributed by atoms with Gasteiger partial charge in [-0.3, -0.25) is 4.79 Å². The van der Waals surface area contributed by atoms with Gasteiger partial charge < -0.3 is 24.9 Å². The Balaban J connectivity index is 1.68. The lowest BCUT2D eigenvalue weighted by atomic mass is 9.74. The standard InChI is InChI=1S/C22H30BN3O5S/c1-15(2)9-20(23(28)29)25-21(27)22(10-17-7-5-4-6-8-17)11-18(26-31-22)12-30-13-19-14-32-16(3)24-19/h4-8,14-15,20,28-29H,9-13H2,1-3H3,(H,25,27). The second-order valence-electron chi connectivity index (χ2n) is 8.56. The van der Waals surface area contributed by atoms with E-state index in [-0.39, 0.29) is 18.9 Å². The Morgan fingerprint density at radius 1 is 1.31 bits per heavy atom. The summed E-state index contributed by atoms with van der Waals surface area (Å²) in [4.78, 5) is 23.4. The largest absolute Gasteiger partial charge is 0.475 e. The van der Waals surface area contributed by atoms with E-state index in [9.17, 15) is 14.8 Å². The molecule has 1 aromatic heterocycles. The van der Waals surface area contributed by atoms with Gasteiger partial charge in [-0.2, -0.15) is 0 Å². The van der Waals surface area contributed by atoms with Crippen molar-refractivity contribution in [2.24, 2.45) is 11.1 Å². The van der Waals surface area contributed by atoms with Crippen molar-refractivity contribution in [3.8, 4) is 0 Å². The van der Waals surface area contributed by atoms with Crippen molar-refractivity contribution in [1.82, 2.24) is 10.3 Å². The van der Waals surface area contributed by atoms with Crippen LogP contribution in [0.1, 0.15) is 43.0 Å². The minimum atomic E-state index is -1.66. The second kappa shape index (κ2) is 11.0. The summed E-state index contributed by atoms with van der Waals surface area (Å²) >= 11 is 1.56. The number of hydrogen-bond donors (Lipinski definition) is 3. The quantitative estimate of drug-likeness (QED) is 0.445. The minimum absolute atomic E-state index is 0.172. The molecule has 2 heterocycles. The van der Waals surface area contributed by atoms with E-state index < -0.39 is 24.6 Å². The van der Waals surface area contributed by atoms with Gasteiger partial charge in [0.05, 0.1) is 35.6 Å². The zero-order valence-electron chi connectivity index (χ0n) is 18.7. The summed E-state index contributed by atoms with van der Waals surface area (Å²) < 4.78 is 5.73. The summed E-state index contributed by atoms with van der Waals surface area (Å²) in [6.45, 7) is 6.42. The Kier molecular flexibility index (Phi) is 8.41. The number of benzene rings is 1. The second-order valence-corrected chi connectivity index (χ2v) is 9.62. The van der Waals surface area contributed by atoms with Crippen LogP contribution < -0.4 is 5.32 Å². The van der Waals surface area contributed by atoms with Gasteiger partial charge in [0.15, 0.2) is 0 Å². The Morgan fingerprint density at radius 2 is 2.06 bits per heavy atom. The summed E-state index contributed by atoms with van der Waals surface area (Å²) in [6.07, 6.45) is 0.975. The van der Waals surface area contributed by atoms with Crippen molar-refractivity contribution >= 4 is 30.1 Å². The first-order chi connectivity index (χ1) is 15.3. The van der Waals surface area contributed by atoms with Gasteiger partial charge in [0.1, 0.15) is 0 Å². The number of nitrogens with one attached hydrogen (secondary N) is 1. The van der Waals surface area contributed by atoms with Gasteiger partial charge in [0.25, 0.3) is 5.91 Å². The average molecular weight is 459 g/mol. The van der Waals surface area contributed by atoms with Gasteiger partial charge in [-0.25, -0.2) is 4.98 Å². The monoisotopic (exact) mass is 459 g/mol. The van der Waals surface area contributed by atoms with Crippen LogP contribution in [-0.2, 0) is 27.4 Å². The summed E-state index contributed by atoms with van der Waals surface area (Å²) in [6, 6.07) is 9.54. The Bertz CT molecular complexity index is 921. The Morgan fingerprint density at radius 3 is 2.69 bits per heavy atom. The molecule has 172 valence electrons. The minimum Gasteiger partial charge on any atom is -0.426 e. The van der Waals surface area contributed by atoms with Crippen molar-refractivity contribution in [3.05, 3.63) is 52.0 Å². The molecule has 2 atom stereocenters. The van der Waals surface area contributed by atoms with Crippen LogP contribution in [0, 0.1) is 12.8 Å². The number of carbonyl (C=O) groups excluding carboxylic acids is 1. The van der Waals surface area contributed by atoms with E-state index in [1.54, 1.807) is 11.3 Å². The SMILES string of the molecule is Cc1nc(COCC2=NOC(Cc3ccccc3)(C(=O)NC(CC(C)C)B(O)O)C2)cs1. The highest BCUT2D eigenvalue weighted by Crippen LogP contribution is 2.29. The van der Waals surface area contributed by atoms with E-state index >= 15 is 0 Å². The van der Waals surface area contributed by atoms with Gasteiger partial charge in [-0.05, 0) is 24.8 Å². The van der Waals surface area contributed by atoms with Gasteiger partial charge >= 0.3 is 7.12 Å². The fourth-order valence-corrected chi connectivity index (χ4v) is 4.25. The van der Waals surface area contributed by atoms with Crippen molar-refractivity contribution in [1.29, 1.82) is 0 Å². The van der Waals surface area contributed by atoms with Crippen LogP contribution in [-0.4, -0.2) is 51.9 Å². The van der Waals surface area contributed by atoms with Crippen molar-refractivity contribution in [3.63, 3.8) is 0 Å². The Labute approximate surface area is 192 Å². The molecule has 2 unspecified atom stereocenters. The average Bonchev–Trinajstić information content (AvgIpc) is 3.35. The molecule has 3 rings (SSSR count). The molecule has 1 aromatic carbocycles. The predicted molar refractivity (Wildman–Crippen MR) is 124 cm³/mol. The van der Waals surface area contributed by atoms with E-state index in [0.717, 1.165) is 16.3 Å². The fourth-order valence-electron chi connectivity index (χ4n) is 3.66. The third-order valence-electron chi connectivity index (χ3n) is 5.17. The lowest BCUT2D eigenvalue weighted by molar-refractivity contribution is -0.144. The molecule has 2 aromatic rings. The molecule has 10 heteroatoms. The molecule has 0 bridgehead atoms. The van der Waals surface area contributed by atoms with Gasteiger partial charge in [0.2, 0.25) is 5.60 Å². The number of thiazole rings is 1. The molecular weight excluding hydrogens is 429 g/mol. The number of nitrogens with zero attached hydrogens (tertiary/aromatic N) is 2. The summed E-state index contributed by atoms with van der Waals surface area (Å²) in [5.74, 6) is -1.05. The number of oxime groups is 1. The van der Waals surface area contributed by atoms with Crippen LogP contribution in [0.3, 0.4) is 0 Å². The zero-order valence-corrected chi connectivity index (χ0v) is 19.5. The normalized spacial score (nSPS) is 18.9. The van der Waals surface area contributed by atoms with Gasteiger partial charge in [-0.1, -0.05) is 49.3 Å². The van der Waals surface area contributed by atoms with E-state index in [0.29, 0.717) is 25.2 Å². The van der Waals surface area contributed by atoms with Crippen LogP contribution >= 0.6 is 11.3 Å². The molecule has 3 N–H and O–H groups in total. The smallest absolute Gasteiger partial charge is 0.426 e. The first kappa shape index (κ1) is 24.4. The number of rotatable bonds is 11. The van der Waals surface area contributed by atoms with E-state index in [1.165, 1.54) is 0 Å². The molecule has 1 aliphatic heterocycles. The van der Waals surface area contributed by atoms with E-state index in [2.05, 4.69) is 15.5 Å². The highest BCUT2D eigenvalue weighted by Gasteiger charge is 2.48. The van der Waals surface area contributed by atoms with E-state index in [1.807, 2.05) is 56.5 Å². The highest BCUT2D eigenvalue weighted by atomic mass is 32.1. The van der Waals surface area contributed by atoms with Gasteiger partial charge in [-0.15, -0.1) is 11.3 Å². The molecular formula is C22H30BN3O5S. The Hall–Kier alpha value is -2.27. The molecule has 0 fully saturated rings. The maximum absolute atomic E-state index is 13.3. The van der Waals surface area contributed by atoms with Crippen molar-refractivity contribution < 1.29 is 24.4 Å². The molecule has 32 heavy (non-hydrogen) atoms. The lowest BCUT2D eigenvalue weighted by Gasteiger charge is -2.29. The van der Waals surface area contributed by atoms with Crippen LogP contribution in [0.5, 0.6) is 0 Å². The van der Waals surface area contributed by atoms with Crippen LogP contribution in [0.15, 0.2) is 40.9 Å². The van der Waals surface area contributed by atoms with Crippen molar-refractivity contribution in [2.75, 3.05) is 6.61 Å². The number of hydrogen-bond acceptors (Lipinski definition) is 8. The van der Waals surface area contributed by atoms with Crippen LogP contribution in [0.2, 0.25) is 0 Å². The molecule has 1 aliphatic rings. The molecule has 0 saturated carbocycles. The summed E-state index contributed by atoms with van der Waals surface area (Å²) in [5, 5.41) is 29.3. The first-order valence-corrected chi connectivity index (χ1v) is 11.6. The maximum atomic E-state index is 13.3. The maximum Gasteiger partial charge on any atom is 0.475 e. The third kappa shape index (κ3) is 6.62. The molecule has 0 radical (unpaired) electrons. The summed E-state index contributed by atoms with van der Waals surface area (Å²) in [5.41, 5.74) is 1.12. The first-order valence-electron chi connectivity index (χ1n) is 10.7. The number of amides is 1. The molecule has 0 aliphatic carbocycles. The van der Waals surface area contributed by atoms with Crippen LogP contribution in [0.25, 0.3) is 0 Å². The predicted octanol–water partition coefficient (Wildman–Crippen LogP) is 2.27. The number of aryl methyl sites for hydroxylation is 1. The summed E-state index contributed by atoms with van der Waals surface area (Å²) in [7, 11) is -1.66. The number of ether oxygens (including phenoxy) is 1. The topological polar surface area (TPSA) is 113 Å². The molecule has 0 spiro atoms. The zero-order chi connectivity index (χ0) is 23.1. The van der Waals surface area contributed by atoms with Crippen LogP contribution in [0.4, 0.5) is 0 Å².